The molecule has 0 aromatic heterocycles. The van der Waals surface area contributed by atoms with Crippen LogP contribution in [0.5, 0.6) is 0 Å². The molecule has 2 nitrogen and oxygen atoms in total. The number of hydrogen-bond acceptors (Lipinski definition) is 2. The lowest BCUT2D eigenvalue weighted by atomic mass is 9.86. The van der Waals surface area contributed by atoms with Crippen LogP contribution in [0.3, 0.4) is 0 Å². The Bertz CT molecular complexity index is 910. The highest BCUT2D eigenvalue weighted by Crippen LogP contribution is 2.28. The fourth-order valence-electron chi connectivity index (χ4n) is 3.14. The summed E-state index contributed by atoms with van der Waals surface area (Å²) in [6.45, 7) is 6.53. The number of anilines is 1. The molecule has 0 amide bonds. The Balaban J connectivity index is 1.87. The number of rotatable bonds is 6. The van der Waals surface area contributed by atoms with Gasteiger partial charge in [-0.15, -0.1) is 0 Å². The van der Waals surface area contributed by atoms with Gasteiger partial charge in [0, 0.05) is 17.7 Å². The van der Waals surface area contributed by atoms with Crippen LogP contribution in [0, 0.1) is 5.82 Å². The van der Waals surface area contributed by atoms with Crippen molar-refractivity contribution in [1.82, 2.24) is 0 Å². The molecule has 0 aliphatic carbocycles. The van der Waals surface area contributed by atoms with Gasteiger partial charge in [-0.05, 0) is 40.8 Å². The molecule has 0 heterocycles. The minimum Gasteiger partial charge on any atom is -0.378 e. The molecule has 0 bridgehead atoms. The first kappa shape index (κ1) is 19.8. The quantitative estimate of drug-likeness (QED) is 0.495. The van der Waals surface area contributed by atoms with E-state index in [1.165, 1.54) is 17.7 Å². The Morgan fingerprint density at radius 2 is 1.50 bits per heavy atom. The summed E-state index contributed by atoms with van der Waals surface area (Å²) in [4.78, 5) is 12.8. The first-order valence-electron chi connectivity index (χ1n) is 9.54. The summed E-state index contributed by atoms with van der Waals surface area (Å²) < 4.78 is 13.3. The summed E-state index contributed by atoms with van der Waals surface area (Å²) in [6.07, 6.45) is 0.316. The van der Waals surface area contributed by atoms with Crippen LogP contribution >= 0.6 is 0 Å². The molecule has 3 heteroatoms. The zero-order valence-electron chi connectivity index (χ0n) is 16.6. The van der Waals surface area contributed by atoms with E-state index in [-0.39, 0.29) is 23.1 Å². The normalized spacial score (nSPS) is 12.4. The van der Waals surface area contributed by atoms with E-state index in [1.54, 1.807) is 12.1 Å². The highest BCUT2D eigenvalue weighted by Gasteiger charge is 2.19. The zero-order chi connectivity index (χ0) is 20.1. The van der Waals surface area contributed by atoms with E-state index in [9.17, 15) is 9.18 Å². The van der Waals surface area contributed by atoms with Crippen molar-refractivity contribution in [1.29, 1.82) is 0 Å². The van der Waals surface area contributed by atoms with E-state index in [1.807, 2.05) is 30.3 Å². The van der Waals surface area contributed by atoms with Gasteiger partial charge < -0.3 is 5.32 Å². The predicted molar refractivity (Wildman–Crippen MR) is 113 cm³/mol. The van der Waals surface area contributed by atoms with Crippen LogP contribution in [0.4, 0.5) is 10.1 Å². The van der Waals surface area contributed by atoms with Crippen LogP contribution in [0.15, 0.2) is 78.9 Å². The van der Waals surface area contributed by atoms with Crippen molar-refractivity contribution >= 4 is 11.5 Å². The monoisotopic (exact) mass is 375 g/mol. The van der Waals surface area contributed by atoms with Crippen LogP contribution in [0.1, 0.15) is 54.7 Å². The number of ketones is 1. The summed E-state index contributed by atoms with van der Waals surface area (Å²) >= 11 is 0. The van der Waals surface area contributed by atoms with Crippen molar-refractivity contribution in [2.45, 2.75) is 38.6 Å². The molecule has 1 N–H and O–H groups in total. The standard InChI is InChI=1S/C25H26FNO/c1-25(2,3)20-11-9-18(10-12-20)23(27-22-15-13-21(26)14-16-22)17-24(28)19-7-5-4-6-8-19/h4-16,23,27H,17H2,1-3H3/t23-/m0/s1. The predicted octanol–water partition coefficient (Wildman–Crippen LogP) is 6.55. The second-order valence-corrected chi connectivity index (χ2v) is 8.07. The number of nitrogens with one attached hydrogen (secondary N) is 1. The number of carbonyl (C=O) groups excluding carboxylic acids is 1. The highest BCUT2D eigenvalue weighted by molar-refractivity contribution is 5.96. The Labute approximate surface area is 166 Å². The molecule has 1 atom stereocenters. The van der Waals surface area contributed by atoms with Crippen molar-refractivity contribution in [2.75, 3.05) is 5.32 Å². The molecule has 0 unspecified atom stereocenters. The van der Waals surface area contributed by atoms with E-state index in [0.717, 1.165) is 11.3 Å². The van der Waals surface area contributed by atoms with E-state index in [0.29, 0.717) is 12.0 Å². The van der Waals surface area contributed by atoms with Gasteiger partial charge in [0.2, 0.25) is 0 Å². The van der Waals surface area contributed by atoms with Gasteiger partial charge in [0.15, 0.2) is 5.78 Å². The first-order chi connectivity index (χ1) is 13.3. The molecule has 0 radical (unpaired) electrons. The topological polar surface area (TPSA) is 29.1 Å². The molecule has 3 rings (SSSR count). The van der Waals surface area contributed by atoms with Crippen molar-refractivity contribution < 1.29 is 9.18 Å². The molecular weight excluding hydrogens is 349 g/mol. The molecule has 0 aliphatic rings. The Hall–Kier alpha value is -2.94. The van der Waals surface area contributed by atoms with Gasteiger partial charge in [0.05, 0.1) is 6.04 Å². The molecule has 3 aromatic rings. The lowest BCUT2D eigenvalue weighted by Gasteiger charge is -2.23. The highest BCUT2D eigenvalue weighted by atomic mass is 19.1. The average Bonchev–Trinajstić information content (AvgIpc) is 2.69. The molecule has 0 spiro atoms. The third-order valence-electron chi connectivity index (χ3n) is 4.85. The number of hydrogen-bond donors (Lipinski definition) is 1. The van der Waals surface area contributed by atoms with Gasteiger partial charge >= 0.3 is 0 Å². The third-order valence-corrected chi connectivity index (χ3v) is 4.85. The second-order valence-electron chi connectivity index (χ2n) is 8.07. The largest absolute Gasteiger partial charge is 0.378 e. The van der Waals surface area contributed by atoms with E-state index in [2.05, 4.69) is 50.4 Å². The smallest absolute Gasteiger partial charge is 0.165 e. The molecule has 0 saturated carbocycles. The number of carbonyl (C=O) groups is 1. The second kappa shape index (κ2) is 8.39. The van der Waals surface area contributed by atoms with Gasteiger partial charge in [-0.25, -0.2) is 4.39 Å². The Morgan fingerprint density at radius 3 is 2.07 bits per heavy atom. The SMILES string of the molecule is CC(C)(C)c1ccc([C@H](CC(=O)c2ccccc2)Nc2ccc(F)cc2)cc1. The zero-order valence-corrected chi connectivity index (χ0v) is 16.6. The van der Waals surface area contributed by atoms with E-state index in [4.69, 9.17) is 0 Å². The summed E-state index contributed by atoms with van der Waals surface area (Å²) in [5.74, 6) is -0.211. The van der Waals surface area contributed by atoms with Gasteiger partial charge in [0.1, 0.15) is 5.82 Å². The van der Waals surface area contributed by atoms with Crippen molar-refractivity contribution in [2.24, 2.45) is 0 Å². The lowest BCUT2D eigenvalue weighted by molar-refractivity contribution is 0.0976. The van der Waals surface area contributed by atoms with Crippen molar-refractivity contribution in [3.63, 3.8) is 0 Å². The molecule has 0 saturated heterocycles. The number of halogens is 1. The maximum Gasteiger partial charge on any atom is 0.165 e. The minimum atomic E-state index is -0.281. The fraction of sp³-hybridized carbons (Fsp3) is 0.240. The van der Waals surface area contributed by atoms with E-state index >= 15 is 0 Å². The van der Waals surface area contributed by atoms with Gasteiger partial charge in [-0.3, -0.25) is 4.79 Å². The fourth-order valence-corrected chi connectivity index (χ4v) is 3.14. The average molecular weight is 375 g/mol. The van der Waals surface area contributed by atoms with Crippen LogP contribution in [0.2, 0.25) is 0 Å². The lowest BCUT2D eigenvalue weighted by Crippen LogP contribution is -2.17. The first-order valence-corrected chi connectivity index (χ1v) is 9.54. The molecule has 28 heavy (non-hydrogen) atoms. The van der Waals surface area contributed by atoms with Crippen LogP contribution in [0.25, 0.3) is 0 Å². The minimum absolute atomic E-state index is 0.0677. The molecule has 0 fully saturated rings. The van der Waals surface area contributed by atoms with Crippen molar-refractivity contribution in [3.8, 4) is 0 Å². The molecule has 144 valence electrons. The van der Waals surface area contributed by atoms with Crippen LogP contribution in [-0.2, 0) is 5.41 Å². The Morgan fingerprint density at radius 1 is 0.893 bits per heavy atom. The number of benzene rings is 3. The van der Waals surface area contributed by atoms with Crippen LogP contribution in [-0.4, -0.2) is 5.78 Å². The van der Waals surface area contributed by atoms with Gasteiger partial charge in [-0.1, -0.05) is 75.4 Å². The molecule has 0 aliphatic heterocycles. The maximum absolute atomic E-state index is 13.3. The summed E-state index contributed by atoms with van der Waals surface area (Å²) in [6, 6.07) is 23.7. The van der Waals surface area contributed by atoms with Crippen LogP contribution < -0.4 is 5.32 Å². The summed E-state index contributed by atoms with van der Waals surface area (Å²) in [5.41, 5.74) is 3.82. The summed E-state index contributed by atoms with van der Waals surface area (Å²) in [5, 5.41) is 3.39. The molecular formula is C25H26FNO. The van der Waals surface area contributed by atoms with Gasteiger partial charge in [0.25, 0.3) is 0 Å². The molecule has 3 aromatic carbocycles. The maximum atomic E-state index is 13.3. The summed E-state index contributed by atoms with van der Waals surface area (Å²) in [7, 11) is 0. The van der Waals surface area contributed by atoms with Crippen molar-refractivity contribution in [3.05, 3.63) is 101 Å². The van der Waals surface area contributed by atoms with Gasteiger partial charge in [-0.2, -0.15) is 0 Å². The Kier molecular flexibility index (Phi) is 5.93. The third kappa shape index (κ3) is 5.07. The number of Topliss-reactive ketones (excluding diaryl/α,β-unsaturated/α-hetero) is 1. The van der Waals surface area contributed by atoms with E-state index < -0.39 is 0 Å².